The van der Waals surface area contributed by atoms with Crippen LogP contribution < -0.4 is 10.2 Å². The fourth-order valence-corrected chi connectivity index (χ4v) is 2.74. The van der Waals surface area contributed by atoms with Gasteiger partial charge in [-0.1, -0.05) is 0 Å². The van der Waals surface area contributed by atoms with Gasteiger partial charge in [-0.05, 0) is 38.4 Å². The third kappa shape index (κ3) is 2.89. The quantitative estimate of drug-likeness (QED) is 0.671. The summed E-state index contributed by atoms with van der Waals surface area (Å²) in [5.41, 5.74) is 0.895. The van der Waals surface area contributed by atoms with Crippen LogP contribution in [0.4, 0.5) is 11.4 Å². The fourth-order valence-electron chi connectivity index (χ4n) is 2.74. The number of rotatable bonds is 4. The molecule has 0 saturated carbocycles. The van der Waals surface area contributed by atoms with E-state index in [0.717, 1.165) is 31.6 Å². The van der Waals surface area contributed by atoms with E-state index in [9.17, 15) is 10.1 Å². The highest BCUT2D eigenvalue weighted by molar-refractivity contribution is 5.60. The Labute approximate surface area is 118 Å². The Morgan fingerprint density at radius 2 is 2.35 bits per heavy atom. The lowest BCUT2D eigenvalue weighted by Gasteiger charge is -2.37. The lowest BCUT2D eigenvalue weighted by atomic mass is 10.0. The normalized spacial score (nSPS) is 18.6. The van der Waals surface area contributed by atoms with E-state index in [1.54, 1.807) is 12.1 Å². The Balaban J connectivity index is 2.31. The summed E-state index contributed by atoms with van der Waals surface area (Å²) in [6.45, 7) is 1.80. The summed E-state index contributed by atoms with van der Waals surface area (Å²) in [5.74, 6) is 0. The summed E-state index contributed by atoms with van der Waals surface area (Å²) < 4.78 is 0. The lowest BCUT2D eigenvalue weighted by Crippen LogP contribution is -2.45. The molecule has 0 bridgehead atoms. The number of nitro benzene ring substituents is 1. The second-order valence-electron chi connectivity index (χ2n) is 4.97. The zero-order valence-corrected chi connectivity index (χ0v) is 11.5. The molecule has 6 nitrogen and oxygen atoms in total. The van der Waals surface area contributed by atoms with E-state index in [0.29, 0.717) is 6.04 Å². The van der Waals surface area contributed by atoms with Gasteiger partial charge in [0.25, 0.3) is 5.69 Å². The van der Waals surface area contributed by atoms with Crippen LogP contribution in [-0.2, 0) is 0 Å². The molecule has 1 unspecified atom stereocenters. The van der Waals surface area contributed by atoms with Gasteiger partial charge in [-0.3, -0.25) is 10.1 Å². The van der Waals surface area contributed by atoms with E-state index in [2.05, 4.69) is 10.2 Å². The van der Waals surface area contributed by atoms with Crippen molar-refractivity contribution in [3.63, 3.8) is 0 Å². The maximum atomic E-state index is 10.9. The van der Waals surface area contributed by atoms with Crippen molar-refractivity contribution in [2.75, 3.05) is 25.0 Å². The van der Waals surface area contributed by atoms with Crippen molar-refractivity contribution in [3.8, 4) is 6.07 Å². The minimum absolute atomic E-state index is 0.126. The van der Waals surface area contributed by atoms with Gasteiger partial charge in [0.15, 0.2) is 0 Å². The summed E-state index contributed by atoms with van der Waals surface area (Å²) >= 11 is 0. The molecule has 0 amide bonds. The maximum Gasteiger partial charge on any atom is 0.287 e. The first kappa shape index (κ1) is 14.3. The second-order valence-corrected chi connectivity index (χ2v) is 4.97. The summed E-state index contributed by atoms with van der Waals surface area (Å²) in [7, 11) is 1.92. The molecule has 0 radical (unpaired) electrons. The van der Waals surface area contributed by atoms with Gasteiger partial charge in [-0.2, -0.15) is 5.26 Å². The van der Waals surface area contributed by atoms with Gasteiger partial charge in [0.1, 0.15) is 11.6 Å². The number of nitriles is 1. The summed E-state index contributed by atoms with van der Waals surface area (Å²) in [6.07, 6.45) is 3.40. The molecular formula is C14H18N4O2. The number of nitrogens with zero attached hydrogens (tertiary/aromatic N) is 3. The molecule has 0 spiro atoms. The van der Waals surface area contributed by atoms with Crippen LogP contribution in [0.25, 0.3) is 0 Å². The number of likely N-dealkylation sites (N-methyl/N-ethyl adjacent to an activating group) is 1. The van der Waals surface area contributed by atoms with Gasteiger partial charge >= 0.3 is 0 Å². The first-order valence-corrected chi connectivity index (χ1v) is 6.77. The first-order chi connectivity index (χ1) is 9.67. The highest BCUT2D eigenvalue weighted by Crippen LogP contribution is 2.29. The molecule has 1 heterocycles. The summed E-state index contributed by atoms with van der Waals surface area (Å²) in [4.78, 5) is 12.6. The van der Waals surface area contributed by atoms with Crippen LogP contribution >= 0.6 is 0 Å². The van der Waals surface area contributed by atoms with Crippen molar-refractivity contribution < 1.29 is 4.92 Å². The van der Waals surface area contributed by atoms with E-state index >= 15 is 0 Å². The lowest BCUT2D eigenvalue weighted by molar-refractivity contribution is -0.385. The van der Waals surface area contributed by atoms with Crippen LogP contribution in [0.3, 0.4) is 0 Å². The molecule has 1 fully saturated rings. The molecule has 1 atom stereocenters. The minimum atomic E-state index is -0.510. The Bertz CT molecular complexity index is 536. The van der Waals surface area contributed by atoms with Crippen LogP contribution in [0.5, 0.6) is 0 Å². The third-order valence-electron chi connectivity index (χ3n) is 3.70. The fraction of sp³-hybridized carbons (Fsp3) is 0.500. The molecule has 20 heavy (non-hydrogen) atoms. The zero-order chi connectivity index (χ0) is 14.5. The monoisotopic (exact) mass is 274 g/mol. The smallest absolute Gasteiger partial charge is 0.287 e. The number of nitrogens with one attached hydrogen (secondary N) is 1. The third-order valence-corrected chi connectivity index (χ3v) is 3.70. The molecule has 106 valence electrons. The number of piperidine rings is 1. The average Bonchev–Trinajstić information content (AvgIpc) is 2.47. The largest absolute Gasteiger partial charge is 0.367 e. The number of benzene rings is 1. The van der Waals surface area contributed by atoms with Crippen molar-refractivity contribution >= 4 is 11.4 Å². The van der Waals surface area contributed by atoms with E-state index < -0.39 is 4.92 Å². The molecule has 1 aromatic rings. The van der Waals surface area contributed by atoms with Crippen molar-refractivity contribution in [2.24, 2.45) is 0 Å². The molecule has 2 rings (SSSR count). The van der Waals surface area contributed by atoms with E-state index in [1.807, 2.05) is 13.1 Å². The molecule has 0 aromatic heterocycles. The number of hydrogen-bond acceptors (Lipinski definition) is 5. The second kappa shape index (κ2) is 6.35. The Morgan fingerprint density at radius 1 is 1.55 bits per heavy atom. The standard InChI is InChI=1S/C14H18N4O2/c1-16-10-13-4-2-3-7-17(13)12-5-6-14(18(19)20)11(8-12)9-15/h5-6,8,13,16H,2-4,7,10H2,1H3. The van der Waals surface area contributed by atoms with E-state index in [4.69, 9.17) is 5.26 Å². The SMILES string of the molecule is CNCC1CCCCN1c1ccc([N+](=O)[O-])c(C#N)c1. The summed E-state index contributed by atoms with van der Waals surface area (Å²) in [6, 6.07) is 7.10. The van der Waals surface area contributed by atoms with E-state index in [-0.39, 0.29) is 11.3 Å². The highest BCUT2D eigenvalue weighted by Gasteiger charge is 2.24. The van der Waals surface area contributed by atoms with Crippen LogP contribution in [0.1, 0.15) is 24.8 Å². The number of anilines is 1. The zero-order valence-electron chi connectivity index (χ0n) is 11.5. The molecule has 0 aliphatic carbocycles. The van der Waals surface area contributed by atoms with Gasteiger partial charge in [0, 0.05) is 30.9 Å². The van der Waals surface area contributed by atoms with E-state index in [1.165, 1.54) is 12.5 Å². The van der Waals surface area contributed by atoms with Crippen molar-refractivity contribution in [1.29, 1.82) is 5.26 Å². The van der Waals surface area contributed by atoms with Gasteiger partial charge < -0.3 is 10.2 Å². The molecule has 1 aromatic carbocycles. The van der Waals surface area contributed by atoms with Crippen LogP contribution in [0, 0.1) is 21.4 Å². The molecular weight excluding hydrogens is 256 g/mol. The first-order valence-electron chi connectivity index (χ1n) is 6.77. The van der Waals surface area contributed by atoms with Crippen molar-refractivity contribution in [1.82, 2.24) is 5.32 Å². The average molecular weight is 274 g/mol. The van der Waals surface area contributed by atoms with Gasteiger partial charge in [-0.25, -0.2) is 0 Å². The van der Waals surface area contributed by atoms with Crippen molar-refractivity contribution in [2.45, 2.75) is 25.3 Å². The maximum absolute atomic E-state index is 10.9. The Hall–Kier alpha value is -2.13. The summed E-state index contributed by atoms with van der Waals surface area (Å²) in [5, 5.41) is 23.1. The van der Waals surface area contributed by atoms with Crippen LogP contribution in [0.15, 0.2) is 18.2 Å². The highest BCUT2D eigenvalue weighted by atomic mass is 16.6. The number of hydrogen-bond donors (Lipinski definition) is 1. The molecule has 1 saturated heterocycles. The van der Waals surface area contributed by atoms with Gasteiger partial charge in [-0.15, -0.1) is 0 Å². The Kier molecular flexibility index (Phi) is 4.53. The molecule has 6 heteroatoms. The predicted octanol–water partition coefficient (Wildman–Crippen LogP) is 2.04. The molecule has 1 aliphatic rings. The predicted molar refractivity (Wildman–Crippen MR) is 76.7 cm³/mol. The van der Waals surface area contributed by atoms with Crippen LogP contribution in [-0.4, -0.2) is 31.1 Å². The topological polar surface area (TPSA) is 82.2 Å². The van der Waals surface area contributed by atoms with Gasteiger partial charge in [0.2, 0.25) is 0 Å². The van der Waals surface area contributed by atoms with Crippen LogP contribution in [0.2, 0.25) is 0 Å². The molecule has 1 aliphatic heterocycles. The van der Waals surface area contributed by atoms with Gasteiger partial charge in [0.05, 0.1) is 4.92 Å². The minimum Gasteiger partial charge on any atom is -0.367 e. The molecule has 1 N–H and O–H groups in total. The number of nitro groups is 1. The van der Waals surface area contributed by atoms with Crippen molar-refractivity contribution in [3.05, 3.63) is 33.9 Å². The Morgan fingerprint density at radius 3 is 3.00 bits per heavy atom.